The van der Waals surface area contributed by atoms with E-state index in [4.69, 9.17) is 5.73 Å². The molecule has 6 heteroatoms. The van der Waals surface area contributed by atoms with Crippen LogP contribution in [-0.2, 0) is 11.3 Å². The van der Waals surface area contributed by atoms with Gasteiger partial charge in [0, 0.05) is 24.7 Å². The minimum atomic E-state index is -0.603. The molecule has 0 saturated carbocycles. The Balaban J connectivity index is 2.84. The monoisotopic (exact) mass is 279 g/mol. The smallest absolute Gasteiger partial charge is 0.272 e. The van der Waals surface area contributed by atoms with E-state index in [0.29, 0.717) is 12.0 Å². The maximum Gasteiger partial charge on any atom is 0.272 e. The number of amides is 1. The van der Waals surface area contributed by atoms with Gasteiger partial charge in [0.15, 0.2) is 0 Å². The molecule has 0 fully saturated rings. The Morgan fingerprint density at radius 2 is 2.15 bits per heavy atom. The van der Waals surface area contributed by atoms with Crippen LogP contribution in [0.1, 0.15) is 31.4 Å². The van der Waals surface area contributed by atoms with Crippen molar-refractivity contribution in [3.8, 4) is 0 Å². The molecule has 0 saturated heterocycles. The number of nitro groups is 1. The molecule has 0 aliphatic rings. The van der Waals surface area contributed by atoms with Crippen LogP contribution in [0.25, 0.3) is 0 Å². The van der Waals surface area contributed by atoms with Crippen LogP contribution in [0.4, 0.5) is 5.69 Å². The van der Waals surface area contributed by atoms with Crippen LogP contribution in [0.5, 0.6) is 0 Å². The second-order valence-corrected chi connectivity index (χ2v) is 5.12. The number of nitrogens with one attached hydrogen (secondary N) is 1. The summed E-state index contributed by atoms with van der Waals surface area (Å²) in [4.78, 5) is 22.6. The van der Waals surface area contributed by atoms with Gasteiger partial charge in [0.2, 0.25) is 5.91 Å². The average molecular weight is 279 g/mol. The fourth-order valence-corrected chi connectivity index (χ4v) is 1.85. The molecule has 3 N–H and O–H groups in total. The molecule has 20 heavy (non-hydrogen) atoms. The maximum absolute atomic E-state index is 12.1. The SMILES string of the molecule is CCC(C)(CN)C(=O)NCc1cccc([N+](=O)[O-])c1C. The molecule has 1 aromatic carbocycles. The molecule has 0 heterocycles. The molecule has 110 valence electrons. The van der Waals surface area contributed by atoms with Gasteiger partial charge in [0.25, 0.3) is 5.69 Å². The number of hydrogen-bond donors (Lipinski definition) is 2. The van der Waals surface area contributed by atoms with Gasteiger partial charge in [-0.1, -0.05) is 19.1 Å². The summed E-state index contributed by atoms with van der Waals surface area (Å²) in [6.07, 6.45) is 0.642. The van der Waals surface area contributed by atoms with Crippen molar-refractivity contribution in [1.29, 1.82) is 0 Å². The van der Waals surface area contributed by atoms with Gasteiger partial charge in [-0.25, -0.2) is 0 Å². The van der Waals surface area contributed by atoms with E-state index >= 15 is 0 Å². The number of nitrogens with zero attached hydrogens (tertiary/aromatic N) is 1. The van der Waals surface area contributed by atoms with Crippen LogP contribution >= 0.6 is 0 Å². The Bertz CT molecular complexity index is 510. The van der Waals surface area contributed by atoms with Crippen LogP contribution < -0.4 is 11.1 Å². The summed E-state index contributed by atoms with van der Waals surface area (Å²) >= 11 is 0. The Morgan fingerprint density at radius 3 is 2.65 bits per heavy atom. The van der Waals surface area contributed by atoms with Crippen molar-refractivity contribution in [2.24, 2.45) is 11.1 Å². The van der Waals surface area contributed by atoms with Crippen molar-refractivity contribution >= 4 is 11.6 Å². The van der Waals surface area contributed by atoms with Crippen molar-refractivity contribution in [2.45, 2.75) is 33.7 Å². The van der Waals surface area contributed by atoms with Gasteiger partial charge in [-0.15, -0.1) is 0 Å². The van der Waals surface area contributed by atoms with Crippen LogP contribution in [0.3, 0.4) is 0 Å². The first-order valence-electron chi connectivity index (χ1n) is 6.57. The molecule has 0 aliphatic heterocycles. The number of hydrogen-bond acceptors (Lipinski definition) is 4. The molecule has 0 spiro atoms. The van der Waals surface area contributed by atoms with E-state index < -0.39 is 10.3 Å². The van der Waals surface area contributed by atoms with E-state index in [1.807, 2.05) is 13.8 Å². The summed E-state index contributed by atoms with van der Waals surface area (Å²) in [5, 5.41) is 13.7. The molecule has 0 radical (unpaired) electrons. The van der Waals surface area contributed by atoms with Gasteiger partial charge in [-0.3, -0.25) is 14.9 Å². The van der Waals surface area contributed by atoms with E-state index in [1.54, 1.807) is 19.1 Å². The summed E-state index contributed by atoms with van der Waals surface area (Å²) in [6.45, 7) is 5.93. The van der Waals surface area contributed by atoms with Gasteiger partial charge >= 0.3 is 0 Å². The standard InChI is InChI=1S/C14H21N3O3/c1-4-14(3,9-15)13(18)16-8-11-6-5-7-12(10(11)2)17(19)20/h5-7H,4,8-9,15H2,1-3H3,(H,16,18). The number of nitrogens with two attached hydrogens (primary N) is 1. The van der Waals surface area contributed by atoms with Crippen molar-refractivity contribution in [3.63, 3.8) is 0 Å². The Labute approximate surface area is 118 Å². The van der Waals surface area contributed by atoms with Crippen molar-refractivity contribution < 1.29 is 9.72 Å². The molecule has 1 aromatic rings. The number of nitro benzene ring substituents is 1. The summed E-state index contributed by atoms with van der Waals surface area (Å²) in [5.41, 5.74) is 6.40. The first-order chi connectivity index (χ1) is 9.35. The molecule has 1 rings (SSSR count). The molecular formula is C14H21N3O3. The van der Waals surface area contributed by atoms with Gasteiger partial charge in [0.1, 0.15) is 0 Å². The highest BCUT2D eigenvalue weighted by molar-refractivity contribution is 5.82. The van der Waals surface area contributed by atoms with Crippen molar-refractivity contribution in [1.82, 2.24) is 5.32 Å². The third-order valence-electron chi connectivity index (χ3n) is 3.83. The van der Waals surface area contributed by atoms with Gasteiger partial charge < -0.3 is 11.1 Å². The molecule has 1 atom stereocenters. The Hall–Kier alpha value is -1.95. The second kappa shape index (κ2) is 6.47. The highest BCUT2D eigenvalue weighted by atomic mass is 16.6. The van der Waals surface area contributed by atoms with Crippen LogP contribution in [0.2, 0.25) is 0 Å². The summed E-state index contributed by atoms with van der Waals surface area (Å²) < 4.78 is 0. The number of rotatable bonds is 6. The zero-order chi connectivity index (χ0) is 15.3. The van der Waals surface area contributed by atoms with Crippen LogP contribution in [0.15, 0.2) is 18.2 Å². The van der Waals surface area contributed by atoms with Gasteiger partial charge in [0.05, 0.1) is 10.3 Å². The lowest BCUT2D eigenvalue weighted by Crippen LogP contribution is -2.43. The molecule has 1 amide bonds. The number of carbonyl (C=O) groups excluding carboxylic acids is 1. The van der Waals surface area contributed by atoms with E-state index in [9.17, 15) is 14.9 Å². The molecule has 1 unspecified atom stereocenters. The van der Waals surface area contributed by atoms with E-state index in [0.717, 1.165) is 5.56 Å². The predicted octanol–water partition coefficient (Wildman–Crippen LogP) is 1.89. The van der Waals surface area contributed by atoms with Crippen molar-refractivity contribution in [3.05, 3.63) is 39.4 Å². The van der Waals surface area contributed by atoms with Crippen molar-refractivity contribution in [2.75, 3.05) is 6.54 Å². The molecular weight excluding hydrogens is 258 g/mol. The first kappa shape index (κ1) is 16.1. The number of benzene rings is 1. The minimum Gasteiger partial charge on any atom is -0.351 e. The van der Waals surface area contributed by atoms with Crippen LogP contribution in [0, 0.1) is 22.5 Å². The molecule has 6 nitrogen and oxygen atoms in total. The third-order valence-corrected chi connectivity index (χ3v) is 3.83. The lowest BCUT2D eigenvalue weighted by Gasteiger charge is -2.25. The van der Waals surface area contributed by atoms with E-state index in [1.165, 1.54) is 6.07 Å². The van der Waals surface area contributed by atoms with Gasteiger partial charge in [-0.2, -0.15) is 0 Å². The quantitative estimate of drug-likeness (QED) is 0.613. The van der Waals surface area contributed by atoms with Crippen LogP contribution in [-0.4, -0.2) is 17.4 Å². The fourth-order valence-electron chi connectivity index (χ4n) is 1.85. The summed E-state index contributed by atoms with van der Waals surface area (Å²) in [6, 6.07) is 4.85. The predicted molar refractivity (Wildman–Crippen MR) is 77.1 cm³/mol. The maximum atomic E-state index is 12.1. The summed E-state index contributed by atoms with van der Waals surface area (Å²) in [5.74, 6) is -0.131. The molecule has 0 bridgehead atoms. The third kappa shape index (κ3) is 3.33. The Kier molecular flexibility index (Phi) is 5.21. The zero-order valence-electron chi connectivity index (χ0n) is 12.1. The fraction of sp³-hybridized carbons (Fsp3) is 0.500. The topological polar surface area (TPSA) is 98.3 Å². The lowest BCUT2D eigenvalue weighted by molar-refractivity contribution is -0.385. The summed E-state index contributed by atoms with van der Waals surface area (Å²) in [7, 11) is 0. The van der Waals surface area contributed by atoms with E-state index in [2.05, 4.69) is 5.32 Å². The van der Waals surface area contributed by atoms with E-state index in [-0.39, 0.29) is 24.7 Å². The Morgan fingerprint density at radius 1 is 1.50 bits per heavy atom. The first-order valence-corrected chi connectivity index (χ1v) is 6.57. The highest BCUT2D eigenvalue weighted by Crippen LogP contribution is 2.22. The molecule has 0 aliphatic carbocycles. The average Bonchev–Trinajstić information content (AvgIpc) is 2.44. The lowest BCUT2D eigenvalue weighted by atomic mass is 9.86. The molecule has 0 aromatic heterocycles. The largest absolute Gasteiger partial charge is 0.351 e. The second-order valence-electron chi connectivity index (χ2n) is 5.12. The minimum absolute atomic E-state index is 0.0637. The van der Waals surface area contributed by atoms with Gasteiger partial charge in [-0.05, 0) is 25.8 Å². The normalized spacial score (nSPS) is 13.6. The highest BCUT2D eigenvalue weighted by Gasteiger charge is 2.29. The number of carbonyl (C=O) groups is 1. The zero-order valence-corrected chi connectivity index (χ0v) is 12.1.